The minimum absolute atomic E-state index is 0.649. The summed E-state index contributed by atoms with van der Waals surface area (Å²) in [6.07, 6.45) is 4.34. The summed E-state index contributed by atoms with van der Waals surface area (Å²) in [7, 11) is 4.34. The van der Waals surface area contributed by atoms with Gasteiger partial charge in [0.25, 0.3) is 0 Å². The van der Waals surface area contributed by atoms with Crippen molar-refractivity contribution >= 4 is 5.82 Å². The molecule has 0 spiro atoms. The molecular weight excluding hydrogens is 186 g/mol. The lowest BCUT2D eigenvalue weighted by Gasteiger charge is -2.35. The molecule has 0 N–H and O–H groups in total. The second kappa shape index (κ2) is 4.62. The van der Waals surface area contributed by atoms with Crippen LogP contribution in [0.5, 0.6) is 0 Å². The highest BCUT2D eigenvalue weighted by Crippen LogP contribution is 2.19. The smallest absolute Gasteiger partial charge is 0.128 e. The van der Waals surface area contributed by atoms with E-state index in [0.29, 0.717) is 6.04 Å². The molecule has 3 nitrogen and oxygen atoms in total. The average Bonchev–Trinajstić information content (AvgIpc) is 2.30. The van der Waals surface area contributed by atoms with E-state index in [0.717, 1.165) is 5.82 Å². The lowest BCUT2D eigenvalue weighted by atomic mass is 10.0. The fourth-order valence-corrected chi connectivity index (χ4v) is 2.13. The summed E-state index contributed by atoms with van der Waals surface area (Å²) in [5.74, 6) is 1.09. The van der Waals surface area contributed by atoms with Gasteiger partial charge in [-0.3, -0.25) is 0 Å². The van der Waals surface area contributed by atoms with Gasteiger partial charge in [-0.05, 0) is 45.1 Å². The van der Waals surface area contributed by atoms with Crippen LogP contribution in [-0.4, -0.2) is 43.1 Å². The summed E-state index contributed by atoms with van der Waals surface area (Å²) < 4.78 is 0. The average molecular weight is 205 g/mol. The minimum atomic E-state index is 0.649. The summed E-state index contributed by atoms with van der Waals surface area (Å²) in [5.41, 5.74) is 0. The Kier molecular flexibility index (Phi) is 3.21. The number of hydrogen-bond acceptors (Lipinski definition) is 3. The number of aromatic nitrogens is 1. The molecule has 15 heavy (non-hydrogen) atoms. The summed E-state index contributed by atoms with van der Waals surface area (Å²) in [4.78, 5) is 9.09. The maximum atomic E-state index is 4.39. The van der Waals surface area contributed by atoms with Gasteiger partial charge in [-0.1, -0.05) is 6.07 Å². The van der Waals surface area contributed by atoms with E-state index in [4.69, 9.17) is 0 Å². The van der Waals surface area contributed by atoms with E-state index in [1.807, 2.05) is 18.3 Å². The van der Waals surface area contributed by atoms with E-state index >= 15 is 0 Å². The summed E-state index contributed by atoms with van der Waals surface area (Å²) in [6.45, 7) is 2.39. The second-order valence-electron chi connectivity index (χ2n) is 4.33. The molecular formula is C12H19N3. The molecule has 1 saturated heterocycles. The van der Waals surface area contributed by atoms with Crippen molar-refractivity contribution < 1.29 is 0 Å². The SMILES string of the molecule is CN1CCC(N(C)c2ccccn2)CC1. The maximum Gasteiger partial charge on any atom is 0.128 e. The first-order valence-corrected chi connectivity index (χ1v) is 5.60. The Morgan fingerprint density at radius 1 is 1.33 bits per heavy atom. The van der Waals surface area contributed by atoms with Crippen LogP contribution in [0.3, 0.4) is 0 Å². The molecule has 1 aliphatic heterocycles. The molecule has 0 aromatic carbocycles. The van der Waals surface area contributed by atoms with Crippen LogP contribution in [-0.2, 0) is 0 Å². The van der Waals surface area contributed by atoms with Gasteiger partial charge in [0.2, 0.25) is 0 Å². The van der Waals surface area contributed by atoms with Gasteiger partial charge in [0.1, 0.15) is 5.82 Å². The van der Waals surface area contributed by atoms with Crippen LogP contribution in [0.2, 0.25) is 0 Å². The van der Waals surface area contributed by atoms with Gasteiger partial charge in [0.15, 0.2) is 0 Å². The van der Waals surface area contributed by atoms with Gasteiger partial charge in [0, 0.05) is 19.3 Å². The Labute approximate surface area is 91.7 Å². The first kappa shape index (κ1) is 10.4. The molecule has 1 aromatic rings. The fourth-order valence-electron chi connectivity index (χ4n) is 2.13. The zero-order valence-corrected chi connectivity index (χ0v) is 9.56. The van der Waals surface area contributed by atoms with Crippen LogP contribution >= 0.6 is 0 Å². The van der Waals surface area contributed by atoms with Crippen molar-refractivity contribution in [1.29, 1.82) is 0 Å². The minimum Gasteiger partial charge on any atom is -0.357 e. The predicted octanol–water partition coefficient (Wildman–Crippen LogP) is 1.61. The molecule has 1 fully saturated rings. The highest BCUT2D eigenvalue weighted by atomic mass is 15.2. The lowest BCUT2D eigenvalue weighted by molar-refractivity contribution is 0.252. The largest absolute Gasteiger partial charge is 0.357 e. The van der Waals surface area contributed by atoms with Crippen molar-refractivity contribution in [2.45, 2.75) is 18.9 Å². The Morgan fingerprint density at radius 3 is 2.67 bits per heavy atom. The number of rotatable bonds is 2. The van der Waals surface area contributed by atoms with Crippen LogP contribution in [0.25, 0.3) is 0 Å². The second-order valence-corrected chi connectivity index (χ2v) is 4.33. The summed E-state index contributed by atoms with van der Waals surface area (Å²) >= 11 is 0. The highest BCUT2D eigenvalue weighted by Gasteiger charge is 2.20. The zero-order valence-electron chi connectivity index (χ0n) is 9.56. The molecule has 0 saturated carbocycles. The standard InChI is InChI=1S/C12H19N3/c1-14-9-6-11(7-10-14)15(2)12-5-3-4-8-13-12/h3-5,8,11H,6-7,9-10H2,1-2H3. The predicted molar refractivity (Wildman–Crippen MR) is 63.2 cm³/mol. The summed E-state index contributed by atoms with van der Waals surface area (Å²) in [6, 6.07) is 6.74. The third-order valence-electron chi connectivity index (χ3n) is 3.25. The van der Waals surface area contributed by atoms with E-state index in [2.05, 4.69) is 34.9 Å². The molecule has 82 valence electrons. The molecule has 0 atom stereocenters. The third-order valence-corrected chi connectivity index (χ3v) is 3.25. The Bertz CT molecular complexity index is 291. The topological polar surface area (TPSA) is 19.4 Å². The van der Waals surface area contributed by atoms with Crippen molar-refractivity contribution in [3.63, 3.8) is 0 Å². The van der Waals surface area contributed by atoms with Crippen molar-refractivity contribution in [2.24, 2.45) is 0 Å². The first-order chi connectivity index (χ1) is 7.27. The molecule has 1 aromatic heterocycles. The molecule has 0 amide bonds. The maximum absolute atomic E-state index is 4.39. The first-order valence-electron chi connectivity index (χ1n) is 5.60. The normalized spacial score (nSPS) is 19.1. The Morgan fingerprint density at radius 2 is 2.07 bits per heavy atom. The van der Waals surface area contributed by atoms with Gasteiger partial charge in [0.05, 0.1) is 0 Å². The molecule has 0 bridgehead atoms. The van der Waals surface area contributed by atoms with Crippen LogP contribution in [0.1, 0.15) is 12.8 Å². The van der Waals surface area contributed by atoms with Gasteiger partial charge >= 0.3 is 0 Å². The number of nitrogens with zero attached hydrogens (tertiary/aromatic N) is 3. The van der Waals surface area contributed by atoms with E-state index < -0.39 is 0 Å². The van der Waals surface area contributed by atoms with Crippen LogP contribution in [0.15, 0.2) is 24.4 Å². The fraction of sp³-hybridized carbons (Fsp3) is 0.583. The Hall–Kier alpha value is -1.09. The third kappa shape index (κ3) is 2.48. The number of likely N-dealkylation sites (tertiary alicyclic amines) is 1. The van der Waals surface area contributed by atoms with E-state index in [9.17, 15) is 0 Å². The lowest BCUT2D eigenvalue weighted by Crippen LogP contribution is -2.42. The van der Waals surface area contributed by atoms with E-state index in [1.165, 1.54) is 25.9 Å². The summed E-state index contributed by atoms with van der Waals surface area (Å²) in [5, 5.41) is 0. The van der Waals surface area contributed by atoms with Gasteiger partial charge in [-0.25, -0.2) is 4.98 Å². The van der Waals surface area contributed by atoms with Crippen LogP contribution in [0.4, 0.5) is 5.82 Å². The van der Waals surface area contributed by atoms with Crippen molar-refractivity contribution in [2.75, 3.05) is 32.1 Å². The number of anilines is 1. The quantitative estimate of drug-likeness (QED) is 0.731. The number of hydrogen-bond donors (Lipinski definition) is 0. The zero-order chi connectivity index (χ0) is 10.7. The van der Waals surface area contributed by atoms with Crippen molar-refractivity contribution in [3.05, 3.63) is 24.4 Å². The Balaban J connectivity index is 1.99. The van der Waals surface area contributed by atoms with E-state index in [1.54, 1.807) is 0 Å². The molecule has 2 rings (SSSR count). The molecule has 0 aliphatic carbocycles. The van der Waals surface area contributed by atoms with Gasteiger partial charge < -0.3 is 9.80 Å². The molecule has 2 heterocycles. The molecule has 3 heteroatoms. The molecule has 0 unspecified atom stereocenters. The van der Waals surface area contributed by atoms with Crippen LogP contribution < -0.4 is 4.90 Å². The van der Waals surface area contributed by atoms with Crippen molar-refractivity contribution in [3.8, 4) is 0 Å². The number of piperidine rings is 1. The molecule has 1 aliphatic rings. The van der Waals surface area contributed by atoms with Crippen molar-refractivity contribution in [1.82, 2.24) is 9.88 Å². The van der Waals surface area contributed by atoms with Crippen LogP contribution in [0, 0.1) is 0 Å². The monoisotopic (exact) mass is 205 g/mol. The number of pyridine rings is 1. The van der Waals surface area contributed by atoms with Gasteiger partial charge in [-0.15, -0.1) is 0 Å². The highest BCUT2D eigenvalue weighted by molar-refractivity contribution is 5.37. The molecule has 0 radical (unpaired) electrons. The van der Waals surface area contributed by atoms with Gasteiger partial charge in [-0.2, -0.15) is 0 Å². The van der Waals surface area contributed by atoms with E-state index in [-0.39, 0.29) is 0 Å².